The van der Waals surface area contributed by atoms with Crippen molar-refractivity contribution in [2.24, 2.45) is 9.98 Å². The van der Waals surface area contributed by atoms with Crippen molar-refractivity contribution in [3.05, 3.63) is 59.8 Å². The summed E-state index contributed by atoms with van der Waals surface area (Å²) in [7, 11) is 0. The number of nitrogens with one attached hydrogen (secondary N) is 1. The summed E-state index contributed by atoms with van der Waals surface area (Å²) >= 11 is 0. The van der Waals surface area contributed by atoms with Gasteiger partial charge in [0.05, 0.1) is 16.6 Å². The van der Waals surface area contributed by atoms with E-state index >= 15 is 0 Å². The molecule has 1 aliphatic rings. The third-order valence-corrected chi connectivity index (χ3v) is 5.58. The summed E-state index contributed by atoms with van der Waals surface area (Å²) in [6.07, 6.45) is 0.906. The van der Waals surface area contributed by atoms with E-state index in [1.54, 1.807) is 6.20 Å². The van der Waals surface area contributed by atoms with Crippen LogP contribution in [0.4, 0.5) is 13.2 Å². The first-order chi connectivity index (χ1) is 15.3. The van der Waals surface area contributed by atoms with Crippen LogP contribution in [0.2, 0.25) is 0 Å². The third-order valence-electron chi connectivity index (χ3n) is 5.58. The number of imidazole rings is 1. The molecule has 0 aliphatic carbocycles. The average Bonchev–Trinajstić information content (AvgIpc) is 3.23. The topological polar surface area (TPSA) is 56.6 Å². The van der Waals surface area contributed by atoms with Crippen molar-refractivity contribution in [3.63, 3.8) is 0 Å². The summed E-state index contributed by atoms with van der Waals surface area (Å²) in [5.74, 6) is 1.16. The molecule has 0 unspecified atom stereocenters. The lowest BCUT2D eigenvalue weighted by molar-refractivity contribution is -0.137. The van der Waals surface area contributed by atoms with Crippen molar-refractivity contribution >= 4 is 29.3 Å². The number of aromatic nitrogens is 2. The van der Waals surface area contributed by atoms with E-state index in [1.165, 1.54) is 12.5 Å². The summed E-state index contributed by atoms with van der Waals surface area (Å²) in [4.78, 5) is 18.1. The number of halogens is 3. The number of aromatic amines is 1. The molecular formula is C24H24F3N5. The highest BCUT2D eigenvalue weighted by atomic mass is 19.4. The minimum absolute atomic E-state index is 0.353. The van der Waals surface area contributed by atoms with Crippen molar-refractivity contribution in [2.75, 3.05) is 13.1 Å². The zero-order valence-electron chi connectivity index (χ0n) is 17.8. The summed E-state index contributed by atoms with van der Waals surface area (Å²) in [5, 5.41) is 0. The Hall–Kier alpha value is -3.42. The molecule has 3 aromatic rings. The first kappa shape index (κ1) is 21.8. The first-order valence-corrected chi connectivity index (χ1v) is 10.5. The standard InChI is InChI=1S/C24H24F3N5/c1-16(15-29-23(28-2)32-12-4-3-5-13-32)17-6-8-18(9-7-17)22-30-20-11-10-19(24(25,26)27)14-21(20)31-22/h6-11,14-15H,2-5,12-13H2,1H3,(H,30,31)/b16-15+,29-23?. The Morgan fingerprint density at radius 1 is 1.09 bits per heavy atom. The van der Waals surface area contributed by atoms with E-state index in [9.17, 15) is 13.2 Å². The number of piperidine rings is 1. The molecule has 0 amide bonds. The number of aliphatic imine (C=N–C) groups is 2. The van der Waals surface area contributed by atoms with E-state index < -0.39 is 11.7 Å². The summed E-state index contributed by atoms with van der Waals surface area (Å²) < 4.78 is 38.8. The van der Waals surface area contributed by atoms with Gasteiger partial charge < -0.3 is 9.88 Å². The van der Waals surface area contributed by atoms with Gasteiger partial charge in [0.2, 0.25) is 5.96 Å². The maximum atomic E-state index is 12.9. The zero-order valence-corrected chi connectivity index (χ0v) is 17.8. The second kappa shape index (κ2) is 8.98. The van der Waals surface area contributed by atoms with Crippen molar-refractivity contribution in [3.8, 4) is 11.4 Å². The molecule has 8 heteroatoms. The number of guanidine groups is 1. The number of hydrogen-bond donors (Lipinski definition) is 1. The van der Waals surface area contributed by atoms with Crippen LogP contribution in [0.1, 0.15) is 37.3 Å². The SMILES string of the molecule is C=NC(=N/C=C(\C)c1ccc(-c2nc3ccc(C(F)(F)F)cc3[nH]2)cc1)N1CCCCC1. The zero-order chi connectivity index (χ0) is 22.7. The molecule has 0 bridgehead atoms. The number of alkyl halides is 3. The molecule has 0 atom stereocenters. The second-order valence-corrected chi connectivity index (χ2v) is 7.84. The summed E-state index contributed by atoms with van der Waals surface area (Å²) in [6, 6.07) is 11.1. The Kier molecular flexibility index (Phi) is 6.12. The number of allylic oxidation sites excluding steroid dienone is 1. The van der Waals surface area contributed by atoms with Gasteiger partial charge in [-0.05, 0) is 62.2 Å². The fourth-order valence-corrected chi connectivity index (χ4v) is 3.76. The molecule has 0 radical (unpaired) electrons. The average molecular weight is 439 g/mol. The van der Waals surface area contributed by atoms with E-state index in [0.29, 0.717) is 22.8 Å². The molecule has 1 aromatic heterocycles. The van der Waals surface area contributed by atoms with Crippen LogP contribution in [0.25, 0.3) is 28.0 Å². The van der Waals surface area contributed by atoms with Crippen molar-refractivity contribution < 1.29 is 13.2 Å². The molecule has 0 spiro atoms. The maximum absolute atomic E-state index is 12.9. The highest BCUT2D eigenvalue weighted by Crippen LogP contribution is 2.32. The van der Waals surface area contributed by atoms with Gasteiger partial charge in [-0.1, -0.05) is 24.3 Å². The molecule has 1 N–H and O–H groups in total. The molecule has 1 saturated heterocycles. The van der Waals surface area contributed by atoms with Crippen LogP contribution in [0.15, 0.2) is 58.6 Å². The van der Waals surface area contributed by atoms with Gasteiger partial charge in [0.1, 0.15) is 5.82 Å². The monoisotopic (exact) mass is 439 g/mol. The Morgan fingerprint density at radius 2 is 1.81 bits per heavy atom. The smallest absolute Gasteiger partial charge is 0.341 e. The minimum atomic E-state index is -4.39. The second-order valence-electron chi connectivity index (χ2n) is 7.84. The van der Waals surface area contributed by atoms with E-state index in [1.807, 2.05) is 31.2 Å². The number of nitrogens with zero attached hydrogens (tertiary/aromatic N) is 4. The Labute approximate surface area is 184 Å². The Morgan fingerprint density at radius 3 is 2.47 bits per heavy atom. The molecule has 32 heavy (non-hydrogen) atoms. The number of fused-ring (bicyclic) bond motifs is 1. The quantitative estimate of drug-likeness (QED) is 0.393. The summed E-state index contributed by atoms with van der Waals surface area (Å²) in [6.45, 7) is 7.50. The number of likely N-dealkylation sites (tertiary alicyclic amines) is 1. The van der Waals surface area contributed by atoms with Gasteiger partial charge >= 0.3 is 6.18 Å². The van der Waals surface area contributed by atoms with Crippen LogP contribution in [-0.4, -0.2) is 40.6 Å². The predicted octanol–water partition coefficient (Wildman–Crippen LogP) is 6.15. The van der Waals surface area contributed by atoms with Gasteiger partial charge in [0.15, 0.2) is 0 Å². The predicted molar refractivity (Wildman–Crippen MR) is 123 cm³/mol. The normalized spacial score (nSPS) is 15.9. The van der Waals surface area contributed by atoms with Crippen molar-refractivity contribution in [1.82, 2.24) is 14.9 Å². The highest BCUT2D eigenvalue weighted by molar-refractivity contribution is 5.85. The number of H-pyrrole nitrogens is 1. The molecule has 2 heterocycles. The van der Waals surface area contributed by atoms with Gasteiger partial charge in [-0.2, -0.15) is 13.2 Å². The number of rotatable bonds is 3. The van der Waals surface area contributed by atoms with Crippen LogP contribution < -0.4 is 0 Å². The van der Waals surface area contributed by atoms with Crippen molar-refractivity contribution in [1.29, 1.82) is 0 Å². The largest absolute Gasteiger partial charge is 0.416 e. The summed E-state index contributed by atoms with van der Waals surface area (Å²) in [5.41, 5.74) is 2.88. The van der Waals surface area contributed by atoms with E-state index in [4.69, 9.17) is 0 Å². The Bertz CT molecular complexity index is 1170. The number of benzene rings is 2. The van der Waals surface area contributed by atoms with E-state index in [-0.39, 0.29) is 0 Å². The molecule has 1 fully saturated rings. The van der Waals surface area contributed by atoms with Gasteiger partial charge in [-0.3, -0.25) is 0 Å². The fraction of sp³-hybridized carbons (Fsp3) is 0.292. The fourth-order valence-electron chi connectivity index (χ4n) is 3.76. The lowest BCUT2D eigenvalue weighted by Crippen LogP contribution is -2.34. The van der Waals surface area contributed by atoms with Crippen LogP contribution in [0.5, 0.6) is 0 Å². The van der Waals surface area contributed by atoms with E-state index in [0.717, 1.165) is 54.8 Å². The van der Waals surface area contributed by atoms with Crippen LogP contribution in [-0.2, 0) is 6.18 Å². The molecule has 2 aromatic carbocycles. The molecule has 166 valence electrons. The molecule has 4 rings (SSSR count). The maximum Gasteiger partial charge on any atom is 0.416 e. The van der Waals surface area contributed by atoms with Crippen molar-refractivity contribution in [2.45, 2.75) is 32.4 Å². The third kappa shape index (κ3) is 4.74. The highest BCUT2D eigenvalue weighted by Gasteiger charge is 2.30. The van der Waals surface area contributed by atoms with Crippen LogP contribution in [0, 0.1) is 0 Å². The van der Waals surface area contributed by atoms with Gasteiger partial charge in [-0.25, -0.2) is 15.0 Å². The number of hydrogen-bond acceptors (Lipinski definition) is 2. The molecule has 1 aliphatic heterocycles. The minimum Gasteiger partial charge on any atom is -0.341 e. The van der Waals surface area contributed by atoms with E-state index in [2.05, 4.69) is 31.6 Å². The molecule has 0 saturated carbocycles. The van der Waals surface area contributed by atoms with Gasteiger partial charge in [0, 0.05) is 24.9 Å². The lowest BCUT2D eigenvalue weighted by atomic mass is 10.1. The Balaban J connectivity index is 1.54. The van der Waals surface area contributed by atoms with Gasteiger partial charge in [0.25, 0.3) is 0 Å². The molecular weight excluding hydrogens is 415 g/mol. The first-order valence-electron chi connectivity index (χ1n) is 10.5. The molecule has 5 nitrogen and oxygen atoms in total. The van der Waals surface area contributed by atoms with Gasteiger partial charge in [-0.15, -0.1) is 0 Å². The van der Waals surface area contributed by atoms with Crippen LogP contribution >= 0.6 is 0 Å². The van der Waals surface area contributed by atoms with Crippen LogP contribution in [0.3, 0.4) is 0 Å². The lowest BCUT2D eigenvalue weighted by Gasteiger charge is -2.27.